The predicted molar refractivity (Wildman–Crippen MR) is 103 cm³/mol. The molecule has 0 unspecified atom stereocenters. The van der Waals surface area contributed by atoms with Crippen molar-refractivity contribution in [2.24, 2.45) is 0 Å². The summed E-state index contributed by atoms with van der Waals surface area (Å²) in [4.78, 5) is 46.9. The Balaban J connectivity index is 1.67. The quantitative estimate of drug-likeness (QED) is 0.309. The van der Waals surface area contributed by atoms with Crippen LogP contribution in [-0.4, -0.2) is 33.0 Å². The molecule has 0 aromatic heterocycles. The van der Waals surface area contributed by atoms with Gasteiger partial charge in [-0.15, -0.1) is 0 Å². The van der Waals surface area contributed by atoms with Gasteiger partial charge < -0.3 is 10.1 Å². The highest BCUT2D eigenvalue weighted by molar-refractivity contribution is 8.24. The summed E-state index contributed by atoms with van der Waals surface area (Å²) in [7, 11) is 0. The number of β-lactam (4-membered cyclic amide) rings is 1. The zero-order valence-electron chi connectivity index (χ0n) is 14.6. The lowest BCUT2D eigenvalue weighted by molar-refractivity contribution is -0.384. The summed E-state index contributed by atoms with van der Waals surface area (Å²) in [6.07, 6.45) is 1.81. The fourth-order valence-corrected chi connectivity index (χ4v) is 4.84. The largest absolute Gasteiger partial charge is 0.456 e. The van der Waals surface area contributed by atoms with E-state index < -0.39 is 10.9 Å². The summed E-state index contributed by atoms with van der Waals surface area (Å²) in [5, 5.41) is 14.7. The molecule has 0 radical (unpaired) electrons. The Kier molecular flexibility index (Phi) is 6.05. The van der Waals surface area contributed by atoms with Crippen LogP contribution in [0, 0.1) is 10.1 Å². The number of benzene rings is 1. The third kappa shape index (κ3) is 4.37. The van der Waals surface area contributed by atoms with Gasteiger partial charge in [0.1, 0.15) is 6.61 Å². The van der Waals surface area contributed by atoms with E-state index >= 15 is 0 Å². The summed E-state index contributed by atoms with van der Waals surface area (Å²) < 4.78 is 5.92. The average Bonchev–Trinajstić information content (AvgIpc) is 2.95. The van der Waals surface area contributed by atoms with Crippen LogP contribution in [0.3, 0.4) is 0 Å². The molecule has 1 fully saturated rings. The van der Waals surface area contributed by atoms with Crippen LogP contribution >= 0.6 is 23.5 Å². The SMILES string of the molecule is CC(=O)N/C=C\SC1=C(C(=O)OCc2ccc([N+](=O)[O-])cc2)N2C(=O)C[C@@H]2S1. The van der Waals surface area contributed by atoms with E-state index in [9.17, 15) is 24.5 Å². The Hall–Kier alpha value is -2.79. The van der Waals surface area contributed by atoms with E-state index in [4.69, 9.17) is 4.74 Å². The molecule has 1 aromatic rings. The van der Waals surface area contributed by atoms with Gasteiger partial charge in [0.25, 0.3) is 5.69 Å². The van der Waals surface area contributed by atoms with Gasteiger partial charge in [0, 0.05) is 25.3 Å². The number of nitrogens with one attached hydrogen (secondary N) is 1. The zero-order chi connectivity index (χ0) is 20.3. The molecule has 9 nitrogen and oxygen atoms in total. The van der Waals surface area contributed by atoms with E-state index in [1.807, 2.05) is 0 Å². The molecular formula is C17H15N3O6S2. The van der Waals surface area contributed by atoms with Crippen molar-refractivity contribution in [1.82, 2.24) is 10.2 Å². The Bertz CT molecular complexity index is 897. The summed E-state index contributed by atoms with van der Waals surface area (Å²) in [5.74, 6) is -1.01. The molecule has 28 heavy (non-hydrogen) atoms. The summed E-state index contributed by atoms with van der Waals surface area (Å²) >= 11 is 2.61. The van der Waals surface area contributed by atoms with E-state index in [2.05, 4.69) is 5.32 Å². The van der Waals surface area contributed by atoms with Crippen LogP contribution in [0.4, 0.5) is 5.69 Å². The second kappa shape index (κ2) is 8.48. The van der Waals surface area contributed by atoms with Gasteiger partial charge in [-0.1, -0.05) is 23.5 Å². The molecule has 3 rings (SSSR count). The predicted octanol–water partition coefficient (Wildman–Crippen LogP) is 2.45. The van der Waals surface area contributed by atoms with Crippen molar-refractivity contribution >= 4 is 47.0 Å². The van der Waals surface area contributed by atoms with Gasteiger partial charge in [-0.25, -0.2) is 4.79 Å². The Morgan fingerprint density at radius 2 is 2.14 bits per heavy atom. The highest BCUT2D eigenvalue weighted by atomic mass is 32.2. The number of carbonyl (C=O) groups excluding carboxylic acids is 3. The van der Waals surface area contributed by atoms with Crippen LogP contribution in [0.15, 0.2) is 45.8 Å². The van der Waals surface area contributed by atoms with E-state index in [0.717, 1.165) is 0 Å². The minimum atomic E-state index is -0.642. The van der Waals surface area contributed by atoms with Crippen LogP contribution in [0.1, 0.15) is 18.9 Å². The molecule has 1 atom stereocenters. The Morgan fingerprint density at radius 3 is 2.75 bits per heavy atom. The number of esters is 1. The number of hydrogen-bond acceptors (Lipinski definition) is 8. The first-order valence-electron chi connectivity index (χ1n) is 8.09. The Morgan fingerprint density at radius 1 is 1.43 bits per heavy atom. The first kappa shape index (κ1) is 20.0. The smallest absolute Gasteiger partial charge is 0.357 e. The second-order valence-electron chi connectivity index (χ2n) is 5.80. The maximum absolute atomic E-state index is 12.6. The number of nitro benzene ring substituents is 1. The number of fused-ring (bicyclic) bond motifs is 1. The van der Waals surface area contributed by atoms with Crippen molar-refractivity contribution in [1.29, 1.82) is 0 Å². The molecule has 0 aliphatic carbocycles. The average molecular weight is 421 g/mol. The van der Waals surface area contributed by atoms with Gasteiger partial charge in [-0.2, -0.15) is 0 Å². The first-order chi connectivity index (χ1) is 13.4. The number of nitrogens with zero attached hydrogens (tertiary/aromatic N) is 2. The first-order valence-corrected chi connectivity index (χ1v) is 9.85. The second-order valence-corrected chi connectivity index (χ2v) is 8.16. The number of non-ortho nitro benzene ring substituents is 1. The lowest BCUT2D eigenvalue weighted by atomic mass is 10.2. The number of nitro groups is 1. The van der Waals surface area contributed by atoms with Crippen molar-refractivity contribution in [2.45, 2.75) is 25.3 Å². The van der Waals surface area contributed by atoms with E-state index in [-0.39, 0.29) is 35.2 Å². The third-order valence-electron chi connectivity index (χ3n) is 3.82. The molecule has 2 amide bonds. The molecule has 2 aliphatic rings. The maximum atomic E-state index is 12.6. The Labute approximate surface area is 168 Å². The van der Waals surface area contributed by atoms with E-state index in [0.29, 0.717) is 16.2 Å². The molecular weight excluding hydrogens is 406 g/mol. The van der Waals surface area contributed by atoms with Gasteiger partial charge in [0.05, 0.1) is 21.0 Å². The highest BCUT2D eigenvalue weighted by Gasteiger charge is 2.49. The minimum Gasteiger partial charge on any atom is -0.456 e. The molecule has 1 N–H and O–H groups in total. The van der Waals surface area contributed by atoms with Crippen molar-refractivity contribution in [3.8, 4) is 0 Å². The molecule has 0 saturated carbocycles. The monoisotopic (exact) mass is 421 g/mol. The number of thioether (sulfide) groups is 2. The van der Waals surface area contributed by atoms with Crippen molar-refractivity contribution in [3.63, 3.8) is 0 Å². The fourth-order valence-electron chi connectivity index (χ4n) is 2.47. The summed E-state index contributed by atoms with van der Waals surface area (Å²) in [6.45, 7) is 1.31. The van der Waals surface area contributed by atoms with Crippen LogP contribution in [-0.2, 0) is 25.7 Å². The number of amides is 2. The van der Waals surface area contributed by atoms with Gasteiger partial charge in [-0.3, -0.25) is 24.6 Å². The minimum absolute atomic E-state index is 0.0522. The lowest BCUT2D eigenvalue weighted by Gasteiger charge is -2.34. The van der Waals surface area contributed by atoms with Crippen LogP contribution < -0.4 is 5.32 Å². The maximum Gasteiger partial charge on any atom is 0.357 e. The number of rotatable bonds is 7. The standard InChI is InChI=1S/C17H15N3O6S2/c1-10(21)18-6-7-27-17-15(19-13(22)8-14(19)28-17)16(23)26-9-11-2-4-12(5-3-11)20(24)25/h2-7,14H,8-9H2,1H3,(H,18,21)/b7-6-/t14-/m0/s1. The lowest BCUT2D eigenvalue weighted by Crippen LogP contribution is -2.48. The van der Waals surface area contributed by atoms with Gasteiger partial charge >= 0.3 is 5.97 Å². The summed E-state index contributed by atoms with van der Waals surface area (Å²) in [5.41, 5.74) is 0.728. The molecule has 2 aliphatic heterocycles. The number of ether oxygens (including phenoxy) is 1. The molecule has 11 heteroatoms. The topological polar surface area (TPSA) is 119 Å². The van der Waals surface area contributed by atoms with Crippen LogP contribution in [0.5, 0.6) is 0 Å². The van der Waals surface area contributed by atoms with Gasteiger partial charge in [0.15, 0.2) is 5.70 Å². The van der Waals surface area contributed by atoms with Crippen LogP contribution in [0.25, 0.3) is 0 Å². The third-order valence-corrected chi connectivity index (χ3v) is 6.14. The molecule has 0 spiro atoms. The van der Waals surface area contributed by atoms with Crippen LogP contribution in [0.2, 0.25) is 0 Å². The van der Waals surface area contributed by atoms with E-state index in [1.54, 1.807) is 5.41 Å². The fraction of sp³-hybridized carbons (Fsp3) is 0.235. The molecule has 1 aromatic carbocycles. The van der Waals surface area contributed by atoms with E-state index in [1.165, 1.54) is 65.8 Å². The van der Waals surface area contributed by atoms with Crippen molar-refractivity contribution in [3.05, 3.63) is 61.5 Å². The highest BCUT2D eigenvalue weighted by Crippen LogP contribution is 2.50. The normalized spacial score (nSPS) is 18.1. The molecule has 1 saturated heterocycles. The van der Waals surface area contributed by atoms with Gasteiger partial charge in [-0.05, 0) is 23.1 Å². The molecule has 2 heterocycles. The number of carbonyl (C=O) groups is 3. The van der Waals surface area contributed by atoms with Gasteiger partial charge in [0.2, 0.25) is 11.8 Å². The molecule has 0 bridgehead atoms. The number of hydrogen-bond donors (Lipinski definition) is 1. The molecule has 146 valence electrons. The van der Waals surface area contributed by atoms with Crippen molar-refractivity contribution in [2.75, 3.05) is 0 Å². The summed E-state index contributed by atoms with van der Waals surface area (Å²) in [6, 6.07) is 5.67. The zero-order valence-corrected chi connectivity index (χ0v) is 16.2. The van der Waals surface area contributed by atoms with Crippen molar-refractivity contribution < 1.29 is 24.0 Å².